The number of likely N-dealkylation sites (tertiary alicyclic amines) is 1. The molecule has 7 nitrogen and oxygen atoms in total. The van der Waals surface area contributed by atoms with Crippen molar-refractivity contribution in [2.24, 2.45) is 0 Å². The number of nitrogens with zero attached hydrogens (tertiary/aromatic N) is 2. The fraction of sp³-hybridized carbons (Fsp3) is 0.125. The molecule has 1 atom stereocenters. The van der Waals surface area contributed by atoms with Gasteiger partial charge < -0.3 is 19.8 Å². The van der Waals surface area contributed by atoms with Crippen LogP contribution < -0.4 is 4.74 Å². The van der Waals surface area contributed by atoms with Crippen molar-refractivity contribution in [3.05, 3.63) is 93.7 Å². The Morgan fingerprint density at radius 1 is 1.12 bits per heavy atom. The fourth-order valence-electron chi connectivity index (χ4n) is 3.72. The summed E-state index contributed by atoms with van der Waals surface area (Å²) in [7, 11) is 1.52. The first kappa shape index (κ1) is 21.6. The Bertz CT molecular complexity index is 1230. The highest BCUT2D eigenvalue weighted by Crippen LogP contribution is 2.41. The molecule has 1 unspecified atom stereocenters. The largest absolute Gasteiger partial charge is 0.508 e. The molecule has 3 aromatic rings. The summed E-state index contributed by atoms with van der Waals surface area (Å²) in [5, 5.41) is 21.1. The molecular weight excluding hydrogens is 476 g/mol. The molecule has 2 heterocycles. The number of carbonyl (C=O) groups is 2. The van der Waals surface area contributed by atoms with Crippen molar-refractivity contribution in [2.45, 2.75) is 12.6 Å². The van der Waals surface area contributed by atoms with Gasteiger partial charge in [0.05, 0.1) is 35.4 Å². The Morgan fingerprint density at radius 2 is 1.94 bits per heavy atom. The molecule has 0 spiro atoms. The van der Waals surface area contributed by atoms with Crippen LogP contribution in [0.5, 0.6) is 11.5 Å². The van der Waals surface area contributed by atoms with Crippen LogP contribution >= 0.6 is 15.9 Å². The minimum atomic E-state index is -0.898. The van der Waals surface area contributed by atoms with Crippen LogP contribution in [0.15, 0.2) is 76.9 Å². The Kier molecular flexibility index (Phi) is 5.96. The average molecular weight is 495 g/mol. The van der Waals surface area contributed by atoms with Gasteiger partial charge in [-0.3, -0.25) is 14.6 Å². The normalized spacial score (nSPS) is 17.6. The SMILES string of the molecule is COc1ccc(/C(O)=C2/C(=O)C(=O)N(Cc3ccccn3)C2c2cccc(O)c2)cc1Br. The maximum Gasteiger partial charge on any atom is 0.296 e. The fourth-order valence-corrected chi connectivity index (χ4v) is 4.26. The van der Waals surface area contributed by atoms with Gasteiger partial charge in [0.2, 0.25) is 0 Å². The van der Waals surface area contributed by atoms with E-state index in [2.05, 4.69) is 20.9 Å². The molecule has 1 amide bonds. The van der Waals surface area contributed by atoms with Crippen LogP contribution in [0.3, 0.4) is 0 Å². The van der Waals surface area contributed by atoms with Gasteiger partial charge in [0.25, 0.3) is 11.7 Å². The second kappa shape index (κ2) is 8.84. The van der Waals surface area contributed by atoms with E-state index in [-0.39, 0.29) is 23.6 Å². The number of aromatic nitrogens is 1. The zero-order valence-corrected chi connectivity index (χ0v) is 18.6. The zero-order chi connectivity index (χ0) is 22.8. The Morgan fingerprint density at radius 3 is 2.59 bits per heavy atom. The van der Waals surface area contributed by atoms with Crippen LogP contribution in [-0.2, 0) is 16.1 Å². The molecule has 162 valence electrons. The number of rotatable bonds is 5. The molecule has 4 rings (SSSR count). The third kappa shape index (κ3) is 3.97. The topological polar surface area (TPSA) is 100.0 Å². The van der Waals surface area contributed by atoms with Gasteiger partial charge in [-0.15, -0.1) is 0 Å². The number of pyridine rings is 1. The molecule has 1 aromatic heterocycles. The van der Waals surface area contributed by atoms with Crippen LogP contribution in [-0.4, -0.2) is 38.9 Å². The number of aromatic hydroxyl groups is 1. The first-order valence-electron chi connectivity index (χ1n) is 9.72. The summed E-state index contributed by atoms with van der Waals surface area (Å²) < 4.78 is 5.81. The quantitative estimate of drug-likeness (QED) is 0.313. The van der Waals surface area contributed by atoms with Gasteiger partial charge >= 0.3 is 0 Å². The molecule has 2 N–H and O–H groups in total. The maximum absolute atomic E-state index is 13.1. The number of halogens is 1. The molecule has 1 saturated heterocycles. The number of methoxy groups -OCH3 is 1. The molecule has 2 aromatic carbocycles. The minimum Gasteiger partial charge on any atom is -0.508 e. The highest BCUT2D eigenvalue weighted by atomic mass is 79.9. The number of hydrogen-bond acceptors (Lipinski definition) is 6. The second-order valence-electron chi connectivity index (χ2n) is 7.19. The first-order valence-corrected chi connectivity index (χ1v) is 10.5. The number of aliphatic hydroxyl groups excluding tert-OH is 1. The second-order valence-corrected chi connectivity index (χ2v) is 8.05. The maximum atomic E-state index is 13.1. The first-order chi connectivity index (χ1) is 15.4. The average Bonchev–Trinajstić information content (AvgIpc) is 3.04. The van der Waals surface area contributed by atoms with Crippen molar-refractivity contribution in [1.29, 1.82) is 0 Å². The lowest BCUT2D eigenvalue weighted by Crippen LogP contribution is -2.29. The van der Waals surface area contributed by atoms with Gasteiger partial charge in [-0.25, -0.2) is 0 Å². The van der Waals surface area contributed by atoms with Crippen molar-refractivity contribution in [3.63, 3.8) is 0 Å². The standard InChI is InChI=1S/C24H19BrN2O5/c1-32-19-9-8-15(12-18(19)25)22(29)20-21(14-5-4-7-17(28)11-14)27(24(31)23(20)30)13-16-6-2-3-10-26-16/h2-12,21,28-29H,13H2,1H3/b22-20-. The van der Waals surface area contributed by atoms with Crippen LogP contribution in [0.4, 0.5) is 0 Å². The van der Waals surface area contributed by atoms with Crippen LogP contribution in [0, 0.1) is 0 Å². The number of carbonyl (C=O) groups excluding carboxylic acids is 2. The summed E-state index contributed by atoms with van der Waals surface area (Å²) in [4.78, 5) is 31.7. The summed E-state index contributed by atoms with van der Waals surface area (Å²) in [5.74, 6) is -1.33. The molecule has 8 heteroatoms. The number of hydrogen-bond donors (Lipinski definition) is 2. The summed E-state index contributed by atoms with van der Waals surface area (Å²) in [6, 6.07) is 15.5. The third-order valence-corrected chi connectivity index (χ3v) is 5.83. The Hall–Kier alpha value is -3.65. The van der Waals surface area contributed by atoms with Crippen molar-refractivity contribution in [3.8, 4) is 11.5 Å². The van der Waals surface area contributed by atoms with Crippen LogP contribution in [0.1, 0.15) is 22.9 Å². The summed E-state index contributed by atoms with van der Waals surface area (Å²) in [6.07, 6.45) is 1.60. The van der Waals surface area contributed by atoms with E-state index in [1.807, 2.05) is 0 Å². The van der Waals surface area contributed by atoms with E-state index in [9.17, 15) is 19.8 Å². The Labute approximate surface area is 192 Å². The van der Waals surface area contributed by atoms with Gasteiger partial charge in [0.1, 0.15) is 17.3 Å². The third-order valence-electron chi connectivity index (χ3n) is 5.21. The van der Waals surface area contributed by atoms with Gasteiger partial charge in [-0.2, -0.15) is 0 Å². The van der Waals surface area contributed by atoms with E-state index in [0.717, 1.165) is 0 Å². The molecule has 0 radical (unpaired) electrons. The number of ether oxygens (including phenoxy) is 1. The number of phenols is 1. The summed E-state index contributed by atoms with van der Waals surface area (Å²) in [6.45, 7) is 0.0643. The van der Waals surface area contributed by atoms with E-state index in [1.54, 1.807) is 54.7 Å². The predicted molar refractivity (Wildman–Crippen MR) is 121 cm³/mol. The number of Topliss-reactive ketones (excluding diaryl/α,β-unsaturated/α-hetero) is 1. The molecule has 1 aliphatic rings. The van der Waals surface area contributed by atoms with E-state index >= 15 is 0 Å². The predicted octanol–water partition coefficient (Wildman–Crippen LogP) is 4.18. The monoisotopic (exact) mass is 494 g/mol. The molecule has 1 fully saturated rings. The van der Waals surface area contributed by atoms with Gasteiger partial charge in [0, 0.05) is 11.8 Å². The summed E-state index contributed by atoms with van der Waals surface area (Å²) >= 11 is 3.37. The zero-order valence-electron chi connectivity index (χ0n) is 17.0. The van der Waals surface area contributed by atoms with E-state index < -0.39 is 17.7 Å². The minimum absolute atomic E-state index is 0.0156. The smallest absolute Gasteiger partial charge is 0.296 e. The molecule has 32 heavy (non-hydrogen) atoms. The lowest BCUT2D eigenvalue weighted by Gasteiger charge is -2.25. The molecule has 0 aliphatic carbocycles. The van der Waals surface area contributed by atoms with Crippen molar-refractivity contribution in [2.75, 3.05) is 7.11 Å². The van der Waals surface area contributed by atoms with E-state index in [1.165, 1.54) is 24.1 Å². The molecule has 0 bridgehead atoms. The highest BCUT2D eigenvalue weighted by Gasteiger charge is 2.46. The van der Waals surface area contributed by atoms with Crippen LogP contribution in [0.2, 0.25) is 0 Å². The Balaban J connectivity index is 1.87. The van der Waals surface area contributed by atoms with Gasteiger partial charge in [0.15, 0.2) is 0 Å². The van der Waals surface area contributed by atoms with Gasteiger partial charge in [-0.05, 0) is 64.0 Å². The van der Waals surface area contributed by atoms with E-state index in [0.29, 0.717) is 27.0 Å². The van der Waals surface area contributed by atoms with Crippen molar-refractivity contribution >= 4 is 33.4 Å². The highest BCUT2D eigenvalue weighted by molar-refractivity contribution is 9.10. The lowest BCUT2D eigenvalue weighted by molar-refractivity contribution is -0.140. The van der Waals surface area contributed by atoms with Gasteiger partial charge in [-0.1, -0.05) is 18.2 Å². The number of benzene rings is 2. The number of aliphatic hydroxyl groups is 1. The molecular formula is C24H19BrN2O5. The van der Waals surface area contributed by atoms with Crippen LogP contribution in [0.25, 0.3) is 5.76 Å². The number of ketones is 1. The number of amides is 1. The van der Waals surface area contributed by atoms with Crippen molar-refractivity contribution < 1.29 is 24.5 Å². The number of phenolic OH excluding ortho intramolecular Hbond substituents is 1. The van der Waals surface area contributed by atoms with E-state index in [4.69, 9.17) is 4.74 Å². The molecule has 1 aliphatic heterocycles. The van der Waals surface area contributed by atoms with Crippen molar-refractivity contribution in [1.82, 2.24) is 9.88 Å². The molecule has 0 saturated carbocycles. The summed E-state index contributed by atoms with van der Waals surface area (Å²) in [5.41, 5.74) is 1.37. The lowest BCUT2D eigenvalue weighted by atomic mass is 9.95.